The largest absolute Gasteiger partial charge is 0.507 e. The lowest BCUT2D eigenvalue weighted by Gasteiger charge is -2.09. The first-order valence-corrected chi connectivity index (χ1v) is 7.17. The summed E-state index contributed by atoms with van der Waals surface area (Å²) in [6.07, 6.45) is 0. The third-order valence-electron chi connectivity index (χ3n) is 2.92. The number of benzene rings is 2. The monoisotopic (exact) mass is 290 g/mol. The standard InChI is InChI=1S/C16H15FO2S/c1-10-4-3-5-14(6-10)20-9-12-7-13(17)8-15(11(2)18)16(12)19/h3-8,19H,9H2,1-2H3. The maximum atomic E-state index is 13.5. The van der Waals surface area contributed by atoms with Gasteiger partial charge in [-0.2, -0.15) is 0 Å². The van der Waals surface area contributed by atoms with Crippen LogP contribution in [-0.2, 0) is 5.75 Å². The van der Waals surface area contributed by atoms with Gasteiger partial charge in [-0.05, 0) is 38.1 Å². The van der Waals surface area contributed by atoms with Gasteiger partial charge in [-0.25, -0.2) is 4.39 Å². The molecule has 0 aliphatic carbocycles. The second kappa shape index (κ2) is 6.09. The summed E-state index contributed by atoms with van der Waals surface area (Å²) < 4.78 is 13.5. The first-order valence-electron chi connectivity index (χ1n) is 6.19. The summed E-state index contributed by atoms with van der Waals surface area (Å²) >= 11 is 1.49. The van der Waals surface area contributed by atoms with Gasteiger partial charge in [0.15, 0.2) is 5.78 Å². The van der Waals surface area contributed by atoms with Gasteiger partial charge in [-0.3, -0.25) is 4.79 Å². The number of thioether (sulfide) groups is 1. The van der Waals surface area contributed by atoms with Crippen LogP contribution in [0.4, 0.5) is 4.39 Å². The van der Waals surface area contributed by atoms with E-state index in [1.54, 1.807) is 0 Å². The molecule has 1 N–H and O–H groups in total. The molecule has 0 spiro atoms. The van der Waals surface area contributed by atoms with Gasteiger partial charge in [0.2, 0.25) is 0 Å². The molecule has 0 unspecified atom stereocenters. The lowest BCUT2D eigenvalue weighted by molar-refractivity contribution is 0.101. The number of carbonyl (C=O) groups excluding carboxylic acids is 1. The number of phenols is 1. The topological polar surface area (TPSA) is 37.3 Å². The van der Waals surface area contributed by atoms with Crippen LogP contribution in [-0.4, -0.2) is 10.9 Å². The van der Waals surface area contributed by atoms with Crippen molar-refractivity contribution in [1.82, 2.24) is 0 Å². The molecule has 0 aliphatic rings. The molecule has 0 radical (unpaired) electrons. The van der Waals surface area contributed by atoms with Crippen LogP contribution in [0.15, 0.2) is 41.3 Å². The third-order valence-corrected chi connectivity index (χ3v) is 3.96. The number of Topliss-reactive ketones (excluding diaryl/α,β-unsaturated/α-hetero) is 1. The van der Waals surface area contributed by atoms with E-state index in [2.05, 4.69) is 0 Å². The van der Waals surface area contributed by atoms with E-state index in [1.807, 2.05) is 31.2 Å². The Kier molecular flexibility index (Phi) is 4.45. The Labute approximate surface area is 121 Å². The van der Waals surface area contributed by atoms with Crippen LogP contribution in [0.25, 0.3) is 0 Å². The minimum Gasteiger partial charge on any atom is -0.507 e. The lowest BCUT2D eigenvalue weighted by Crippen LogP contribution is -1.97. The molecule has 0 aliphatic heterocycles. The van der Waals surface area contributed by atoms with E-state index in [-0.39, 0.29) is 17.1 Å². The van der Waals surface area contributed by atoms with Gasteiger partial charge < -0.3 is 5.11 Å². The highest BCUT2D eigenvalue weighted by Crippen LogP contribution is 2.31. The first kappa shape index (κ1) is 14.6. The fourth-order valence-electron chi connectivity index (χ4n) is 1.90. The molecule has 0 amide bonds. The van der Waals surface area contributed by atoms with Gasteiger partial charge in [-0.1, -0.05) is 17.7 Å². The Balaban J connectivity index is 2.23. The highest BCUT2D eigenvalue weighted by molar-refractivity contribution is 7.98. The maximum Gasteiger partial charge on any atom is 0.163 e. The summed E-state index contributed by atoms with van der Waals surface area (Å²) in [5.41, 5.74) is 1.61. The fourth-order valence-corrected chi connectivity index (χ4v) is 2.89. The van der Waals surface area contributed by atoms with Crippen LogP contribution in [0.5, 0.6) is 5.75 Å². The molecule has 0 saturated carbocycles. The smallest absolute Gasteiger partial charge is 0.163 e. The molecular formula is C16H15FO2S. The SMILES string of the molecule is CC(=O)c1cc(F)cc(CSc2cccc(C)c2)c1O. The van der Waals surface area contributed by atoms with E-state index < -0.39 is 5.82 Å². The van der Waals surface area contributed by atoms with Gasteiger partial charge in [0, 0.05) is 16.2 Å². The summed E-state index contributed by atoms with van der Waals surface area (Å²) in [7, 11) is 0. The number of aryl methyl sites for hydroxylation is 1. The fraction of sp³-hybridized carbons (Fsp3) is 0.188. The molecule has 2 rings (SSSR count). The van der Waals surface area contributed by atoms with Crippen molar-refractivity contribution < 1.29 is 14.3 Å². The molecule has 2 aromatic rings. The van der Waals surface area contributed by atoms with E-state index in [1.165, 1.54) is 24.8 Å². The Morgan fingerprint density at radius 1 is 1.30 bits per heavy atom. The van der Waals surface area contributed by atoms with Crippen molar-refractivity contribution in [1.29, 1.82) is 0 Å². The number of halogens is 1. The minimum atomic E-state index is -0.507. The van der Waals surface area contributed by atoms with E-state index in [4.69, 9.17) is 0 Å². The average Bonchev–Trinajstić information content (AvgIpc) is 2.39. The molecule has 0 fully saturated rings. The van der Waals surface area contributed by atoms with E-state index in [0.717, 1.165) is 16.5 Å². The molecule has 0 bridgehead atoms. The van der Waals surface area contributed by atoms with Crippen LogP contribution in [0.2, 0.25) is 0 Å². The van der Waals surface area contributed by atoms with E-state index in [9.17, 15) is 14.3 Å². The molecule has 20 heavy (non-hydrogen) atoms. The molecule has 4 heteroatoms. The summed E-state index contributed by atoms with van der Waals surface area (Å²) in [5.74, 6) is -0.566. The molecule has 104 valence electrons. The zero-order chi connectivity index (χ0) is 14.7. The Morgan fingerprint density at radius 2 is 2.05 bits per heavy atom. The number of hydrogen-bond acceptors (Lipinski definition) is 3. The summed E-state index contributed by atoms with van der Waals surface area (Å²) in [6.45, 7) is 3.31. The van der Waals surface area contributed by atoms with Crippen molar-refractivity contribution in [3.05, 3.63) is 58.9 Å². The number of phenolic OH excluding ortho intramolecular Hbond substituents is 1. The van der Waals surface area contributed by atoms with Crippen molar-refractivity contribution in [3.63, 3.8) is 0 Å². The molecule has 0 heterocycles. The zero-order valence-electron chi connectivity index (χ0n) is 11.3. The Bertz CT molecular complexity index is 653. The minimum absolute atomic E-state index is 0.0323. The number of ketones is 1. The summed E-state index contributed by atoms with van der Waals surface area (Å²) in [6, 6.07) is 10.3. The highest BCUT2D eigenvalue weighted by atomic mass is 32.2. The molecule has 0 atom stereocenters. The second-order valence-corrected chi connectivity index (χ2v) is 5.67. The van der Waals surface area contributed by atoms with Gasteiger partial charge in [-0.15, -0.1) is 11.8 Å². The number of rotatable bonds is 4. The van der Waals surface area contributed by atoms with Crippen molar-refractivity contribution in [2.24, 2.45) is 0 Å². The second-order valence-electron chi connectivity index (χ2n) is 4.62. The Hall–Kier alpha value is -1.81. The number of hydrogen-bond donors (Lipinski definition) is 1. The van der Waals surface area contributed by atoms with Crippen molar-refractivity contribution in [2.75, 3.05) is 0 Å². The van der Waals surface area contributed by atoms with Crippen molar-refractivity contribution in [2.45, 2.75) is 24.5 Å². The van der Waals surface area contributed by atoms with Crippen LogP contribution in [0.3, 0.4) is 0 Å². The lowest BCUT2D eigenvalue weighted by atomic mass is 10.1. The first-order chi connectivity index (χ1) is 9.47. The normalized spacial score (nSPS) is 10.6. The van der Waals surface area contributed by atoms with Crippen LogP contribution in [0, 0.1) is 12.7 Å². The van der Waals surface area contributed by atoms with Crippen molar-refractivity contribution in [3.8, 4) is 5.75 Å². The molecule has 2 aromatic carbocycles. The van der Waals surface area contributed by atoms with Gasteiger partial charge >= 0.3 is 0 Å². The van der Waals surface area contributed by atoms with E-state index in [0.29, 0.717) is 11.3 Å². The summed E-state index contributed by atoms with van der Waals surface area (Å²) in [4.78, 5) is 12.4. The zero-order valence-corrected chi connectivity index (χ0v) is 12.1. The molecule has 0 aromatic heterocycles. The Morgan fingerprint density at radius 3 is 2.70 bits per heavy atom. The van der Waals surface area contributed by atoms with Gasteiger partial charge in [0.1, 0.15) is 11.6 Å². The van der Waals surface area contributed by atoms with Crippen LogP contribution < -0.4 is 0 Å². The van der Waals surface area contributed by atoms with E-state index >= 15 is 0 Å². The predicted molar refractivity (Wildman–Crippen MR) is 78.8 cm³/mol. The van der Waals surface area contributed by atoms with Crippen molar-refractivity contribution >= 4 is 17.5 Å². The van der Waals surface area contributed by atoms with Gasteiger partial charge in [0.05, 0.1) is 5.56 Å². The highest BCUT2D eigenvalue weighted by Gasteiger charge is 2.13. The molecule has 2 nitrogen and oxygen atoms in total. The van der Waals surface area contributed by atoms with Crippen LogP contribution in [0.1, 0.15) is 28.4 Å². The average molecular weight is 290 g/mol. The number of carbonyl (C=O) groups is 1. The van der Waals surface area contributed by atoms with Crippen LogP contribution >= 0.6 is 11.8 Å². The molecule has 0 saturated heterocycles. The third kappa shape index (κ3) is 3.39. The summed E-state index contributed by atoms with van der Waals surface area (Å²) in [5, 5.41) is 10.0. The molecular weight excluding hydrogens is 275 g/mol. The quantitative estimate of drug-likeness (QED) is 0.672. The predicted octanol–water partition coefficient (Wildman–Crippen LogP) is 4.33. The number of aromatic hydroxyl groups is 1. The van der Waals surface area contributed by atoms with Gasteiger partial charge in [0.25, 0.3) is 0 Å². The maximum absolute atomic E-state index is 13.5.